The van der Waals surface area contributed by atoms with Crippen LogP contribution in [0.5, 0.6) is 0 Å². The second-order valence-electron chi connectivity index (χ2n) is 2.38. The fourth-order valence-electron chi connectivity index (χ4n) is 0.597. The fourth-order valence-corrected chi connectivity index (χ4v) is 1.79. The van der Waals surface area contributed by atoms with Crippen LogP contribution in [0, 0.1) is 5.41 Å². The molecule has 0 fully saturated rings. The van der Waals surface area contributed by atoms with Gasteiger partial charge in [-0.15, -0.1) is 0 Å². The van der Waals surface area contributed by atoms with Gasteiger partial charge < -0.3 is 5.41 Å². The van der Waals surface area contributed by atoms with Gasteiger partial charge in [0.15, 0.2) is 0 Å². The first-order chi connectivity index (χ1) is 4.66. The molecule has 0 aliphatic rings. The van der Waals surface area contributed by atoms with Crippen molar-refractivity contribution >= 4 is 16.5 Å². The van der Waals surface area contributed by atoms with Crippen molar-refractivity contribution < 1.29 is 4.21 Å². The average molecular weight is 161 g/mol. The van der Waals surface area contributed by atoms with E-state index in [4.69, 9.17) is 5.41 Å². The molecule has 2 nitrogen and oxygen atoms in total. The van der Waals surface area contributed by atoms with Gasteiger partial charge in [0.1, 0.15) is 0 Å². The number of hydrogen-bond donors (Lipinski definition) is 1. The summed E-state index contributed by atoms with van der Waals surface area (Å²) in [4.78, 5) is 0. The van der Waals surface area contributed by atoms with Gasteiger partial charge >= 0.3 is 0 Å². The van der Waals surface area contributed by atoms with E-state index in [1.807, 2.05) is 6.92 Å². The van der Waals surface area contributed by atoms with Crippen LogP contribution < -0.4 is 0 Å². The Hall–Kier alpha value is -0.180. The van der Waals surface area contributed by atoms with E-state index < -0.39 is 10.8 Å². The Morgan fingerprint density at radius 1 is 1.50 bits per heavy atom. The summed E-state index contributed by atoms with van der Waals surface area (Å²) in [5.74, 6) is 1.45. The largest absolute Gasteiger partial charge is 0.310 e. The maximum absolute atomic E-state index is 11.0. The van der Waals surface area contributed by atoms with Crippen LogP contribution in [0.3, 0.4) is 0 Å². The van der Waals surface area contributed by atoms with E-state index in [9.17, 15) is 4.21 Å². The average Bonchev–Trinajstić information content (AvgIpc) is 1.85. The molecule has 0 aromatic carbocycles. The van der Waals surface area contributed by atoms with Crippen LogP contribution in [0.4, 0.5) is 0 Å². The lowest BCUT2D eigenvalue weighted by Crippen LogP contribution is -2.04. The maximum Gasteiger partial charge on any atom is 0.0286 e. The van der Waals surface area contributed by atoms with Crippen molar-refractivity contribution in [3.8, 4) is 0 Å². The van der Waals surface area contributed by atoms with Gasteiger partial charge in [0.2, 0.25) is 0 Å². The highest BCUT2D eigenvalue weighted by atomic mass is 32.2. The Morgan fingerprint density at radius 2 is 2.10 bits per heavy atom. The molecule has 0 aromatic rings. The van der Waals surface area contributed by atoms with Crippen molar-refractivity contribution in [3.63, 3.8) is 0 Å². The highest BCUT2D eigenvalue weighted by Gasteiger charge is 1.97. The van der Waals surface area contributed by atoms with E-state index in [2.05, 4.69) is 0 Å². The smallest absolute Gasteiger partial charge is 0.0286 e. The van der Waals surface area contributed by atoms with Crippen LogP contribution in [0.1, 0.15) is 26.7 Å². The Kier molecular flexibility index (Phi) is 5.49. The molecular weight excluding hydrogens is 146 g/mol. The monoisotopic (exact) mass is 161 g/mol. The Morgan fingerprint density at radius 3 is 2.50 bits per heavy atom. The number of nitrogens with one attached hydrogen (secondary N) is 1. The summed E-state index contributed by atoms with van der Waals surface area (Å²) < 4.78 is 11.0. The van der Waals surface area contributed by atoms with E-state index >= 15 is 0 Å². The van der Waals surface area contributed by atoms with Gasteiger partial charge in [-0.3, -0.25) is 4.21 Å². The molecular formula is C7H15NOS. The van der Waals surface area contributed by atoms with Gasteiger partial charge in [0, 0.05) is 28.0 Å². The first-order valence-corrected chi connectivity index (χ1v) is 5.04. The zero-order valence-corrected chi connectivity index (χ0v) is 7.46. The third kappa shape index (κ3) is 5.95. The van der Waals surface area contributed by atoms with Crippen LogP contribution in [0.25, 0.3) is 0 Å². The highest BCUT2D eigenvalue weighted by molar-refractivity contribution is 7.84. The van der Waals surface area contributed by atoms with Crippen LogP contribution in [0.15, 0.2) is 0 Å². The molecule has 0 aliphatic heterocycles. The lowest BCUT2D eigenvalue weighted by atomic mass is 10.3. The van der Waals surface area contributed by atoms with E-state index in [-0.39, 0.29) is 0 Å². The lowest BCUT2D eigenvalue weighted by Gasteiger charge is -1.97. The summed E-state index contributed by atoms with van der Waals surface area (Å²) in [6.07, 6.45) is 1.66. The van der Waals surface area contributed by atoms with Crippen molar-refractivity contribution in [2.75, 3.05) is 11.5 Å². The summed E-state index contributed by atoms with van der Waals surface area (Å²) in [5.41, 5.74) is 0.629. The molecule has 1 unspecified atom stereocenters. The molecule has 10 heavy (non-hydrogen) atoms. The van der Waals surface area contributed by atoms with E-state index in [0.717, 1.165) is 12.2 Å². The topological polar surface area (TPSA) is 40.9 Å². The lowest BCUT2D eigenvalue weighted by molar-refractivity contribution is 0.681. The number of rotatable bonds is 5. The van der Waals surface area contributed by atoms with Gasteiger partial charge in [0.05, 0.1) is 0 Å². The predicted octanol–water partition coefficient (Wildman–Crippen LogP) is 1.57. The minimum absolute atomic E-state index is 0.629. The molecule has 0 aromatic heterocycles. The Balaban J connectivity index is 3.30. The minimum Gasteiger partial charge on any atom is -0.310 e. The Bertz CT molecular complexity index is 134. The first-order valence-electron chi connectivity index (χ1n) is 3.55. The third-order valence-electron chi connectivity index (χ3n) is 1.14. The van der Waals surface area contributed by atoms with Crippen LogP contribution in [-0.2, 0) is 10.8 Å². The standard InChI is InChI=1S/C7H15NOS/c1-3-5-10(9)6-4-7(2)8/h8H,3-6H2,1-2H3. The van der Waals surface area contributed by atoms with Gasteiger partial charge in [-0.05, 0) is 19.8 Å². The van der Waals surface area contributed by atoms with Crippen LogP contribution >= 0.6 is 0 Å². The van der Waals surface area contributed by atoms with Gasteiger partial charge in [-0.25, -0.2) is 0 Å². The predicted molar refractivity (Wildman–Crippen MR) is 46.2 cm³/mol. The molecule has 0 bridgehead atoms. The zero-order chi connectivity index (χ0) is 7.98. The van der Waals surface area contributed by atoms with E-state index in [1.54, 1.807) is 6.92 Å². The second-order valence-corrected chi connectivity index (χ2v) is 4.07. The van der Waals surface area contributed by atoms with Crippen molar-refractivity contribution in [2.45, 2.75) is 26.7 Å². The summed E-state index contributed by atoms with van der Waals surface area (Å²) in [7, 11) is -0.681. The molecule has 0 radical (unpaired) electrons. The van der Waals surface area contributed by atoms with Crippen molar-refractivity contribution in [3.05, 3.63) is 0 Å². The second kappa shape index (κ2) is 5.59. The zero-order valence-electron chi connectivity index (χ0n) is 6.64. The molecule has 1 atom stereocenters. The molecule has 0 saturated carbocycles. The molecule has 0 amide bonds. The SMILES string of the molecule is CCCS(=O)CCC(C)=N. The fraction of sp³-hybridized carbons (Fsp3) is 0.857. The molecule has 0 saturated heterocycles. The molecule has 0 rings (SSSR count). The van der Waals surface area contributed by atoms with E-state index in [1.165, 1.54) is 0 Å². The Labute approximate surface area is 65.0 Å². The molecule has 0 spiro atoms. The maximum atomic E-state index is 11.0. The van der Waals surface area contributed by atoms with Crippen LogP contribution in [-0.4, -0.2) is 21.4 Å². The molecule has 3 heteroatoms. The van der Waals surface area contributed by atoms with Gasteiger partial charge in [-0.2, -0.15) is 0 Å². The van der Waals surface area contributed by atoms with Crippen molar-refractivity contribution in [1.29, 1.82) is 5.41 Å². The molecule has 1 N–H and O–H groups in total. The van der Waals surface area contributed by atoms with Crippen LogP contribution in [0.2, 0.25) is 0 Å². The van der Waals surface area contributed by atoms with Gasteiger partial charge in [0.25, 0.3) is 0 Å². The van der Waals surface area contributed by atoms with Gasteiger partial charge in [-0.1, -0.05) is 6.92 Å². The summed E-state index contributed by atoms with van der Waals surface area (Å²) in [5, 5.41) is 7.09. The third-order valence-corrected chi connectivity index (χ3v) is 2.66. The normalized spacial score (nSPS) is 13.0. The first kappa shape index (κ1) is 9.82. The van der Waals surface area contributed by atoms with E-state index in [0.29, 0.717) is 17.9 Å². The highest BCUT2D eigenvalue weighted by Crippen LogP contribution is 1.91. The molecule has 0 heterocycles. The number of hydrogen-bond acceptors (Lipinski definition) is 2. The minimum atomic E-state index is -0.681. The van der Waals surface area contributed by atoms with Crippen molar-refractivity contribution in [1.82, 2.24) is 0 Å². The molecule has 60 valence electrons. The quantitative estimate of drug-likeness (QED) is 0.611. The summed E-state index contributed by atoms with van der Waals surface area (Å²) in [6.45, 7) is 3.78. The molecule has 0 aliphatic carbocycles. The summed E-state index contributed by atoms with van der Waals surface area (Å²) >= 11 is 0. The van der Waals surface area contributed by atoms with Crippen molar-refractivity contribution in [2.24, 2.45) is 0 Å². The summed E-state index contributed by atoms with van der Waals surface area (Å²) in [6, 6.07) is 0.